The van der Waals surface area contributed by atoms with Crippen LogP contribution < -0.4 is 10.3 Å². The number of fused-ring (bicyclic) bond motifs is 2. The first-order valence-corrected chi connectivity index (χ1v) is 10.3. The number of benzene rings is 1. The second-order valence-corrected chi connectivity index (χ2v) is 7.54. The number of hydrogen-bond donors (Lipinski definition) is 0. The van der Waals surface area contributed by atoms with Gasteiger partial charge in [-0.3, -0.25) is 14.0 Å². The van der Waals surface area contributed by atoms with Gasteiger partial charge in [-0.25, -0.2) is 15.0 Å². The van der Waals surface area contributed by atoms with Gasteiger partial charge in [0.25, 0.3) is 5.56 Å². The van der Waals surface area contributed by atoms with Crippen LogP contribution in [-0.2, 0) is 13.2 Å². The fraction of sp³-hybridized carbons (Fsp3) is 0.174. The van der Waals surface area contributed by atoms with Crippen molar-refractivity contribution in [1.82, 2.24) is 29.3 Å². The highest BCUT2D eigenvalue weighted by atomic mass is 19.4. The molecule has 1 aromatic carbocycles. The van der Waals surface area contributed by atoms with Crippen molar-refractivity contribution in [3.05, 3.63) is 71.3 Å². The number of ether oxygens (including phenoxy) is 1. The Hall–Kier alpha value is -4.28. The average Bonchev–Trinajstić information content (AvgIpc) is 3.17. The Balaban J connectivity index is 1.77. The molecule has 0 atom stereocenters. The Labute approximate surface area is 190 Å². The van der Waals surface area contributed by atoms with Crippen LogP contribution in [0, 0.1) is 0 Å². The van der Waals surface area contributed by atoms with E-state index in [1.54, 1.807) is 49.1 Å². The van der Waals surface area contributed by atoms with Gasteiger partial charge in [0.15, 0.2) is 0 Å². The molecule has 0 aliphatic carbocycles. The third kappa shape index (κ3) is 3.74. The zero-order valence-electron chi connectivity index (χ0n) is 18.0. The van der Waals surface area contributed by atoms with Crippen molar-refractivity contribution < 1.29 is 17.9 Å². The standard InChI is InChI=1S/C23H17F3N6O2/c1-3-34-18-7-4-13-12-32(16-5-6-17-14(8-16)11-31(2)30-17)21(33)19(20(13)29-18)15-9-27-22(28-10-15)23(24,25)26/h4-12H,3H2,1-2H3. The van der Waals surface area contributed by atoms with E-state index in [-0.39, 0.29) is 22.5 Å². The lowest BCUT2D eigenvalue weighted by molar-refractivity contribution is -0.144. The number of nitrogens with zero attached hydrogens (tertiary/aromatic N) is 6. The summed E-state index contributed by atoms with van der Waals surface area (Å²) in [4.78, 5) is 24.9. The van der Waals surface area contributed by atoms with Crippen molar-refractivity contribution in [2.45, 2.75) is 13.1 Å². The maximum Gasteiger partial charge on any atom is 0.451 e. The summed E-state index contributed by atoms with van der Waals surface area (Å²) in [5, 5.41) is 5.75. The Kier molecular flexibility index (Phi) is 5.03. The van der Waals surface area contributed by atoms with E-state index in [0.29, 0.717) is 17.7 Å². The Bertz CT molecular complexity index is 1590. The third-order valence-corrected chi connectivity index (χ3v) is 5.21. The molecule has 8 nitrogen and oxygen atoms in total. The number of aromatic nitrogens is 6. The molecule has 11 heteroatoms. The normalized spacial score (nSPS) is 11.9. The van der Waals surface area contributed by atoms with Crippen LogP contribution in [0.15, 0.2) is 59.9 Å². The first-order chi connectivity index (χ1) is 16.2. The first kappa shape index (κ1) is 21.6. The van der Waals surface area contributed by atoms with Gasteiger partial charge < -0.3 is 4.74 Å². The van der Waals surface area contributed by atoms with Crippen LogP contribution in [0.2, 0.25) is 0 Å². The van der Waals surface area contributed by atoms with Gasteiger partial charge in [-0.1, -0.05) is 0 Å². The van der Waals surface area contributed by atoms with Crippen molar-refractivity contribution in [3.8, 4) is 22.7 Å². The Morgan fingerprint density at radius 3 is 2.50 bits per heavy atom. The molecule has 0 fully saturated rings. The first-order valence-electron chi connectivity index (χ1n) is 10.3. The number of hydrogen-bond acceptors (Lipinski definition) is 6. The molecular formula is C23H17F3N6O2. The van der Waals surface area contributed by atoms with E-state index in [9.17, 15) is 18.0 Å². The largest absolute Gasteiger partial charge is 0.478 e. The van der Waals surface area contributed by atoms with E-state index in [2.05, 4.69) is 20.1 Å². The minimum Gasteiger partial charge on any atom is -0.478 e. The van der Waals surface area contributed by atoms with Crippen LogP contribution in [-0.4, -0.2) is 35.9 Å². The molecule has 0 unspecified atom stereocenters. The predicted molar refractivity (Wildman–Crippen MR) is 119 cm³/mol. The molecule has 4 heterocycles. The molecule has 0 amide bonds. The molecule has 0 spiro atoms. The summed E-state index contributed by atoms with van der Waals surface area (Å²) >= 11 is 0. The summed E-state index contributed by atoms with van der Waals surface area (Å²) in [5.41, 5.74) is 1.30. The SMILES string of the molecule is CCOc1ccc2cn(-c3ccc4nn(C)cc4c3)c(=O)c(-c3cnc(C(F)(F)F)nc3)c2n1. The predicted octanol–water partition coefficient (Wildman–Crippen LogP) is 4.15. The quantitative estimate of drug-likeness (QED) is 0.396. The summed E-state index contributed by atoms with van der Waals surface area (Å²) in [5.74, 6) is -1.00. The number of pyridine rings is 2. The van der Waals surface area contributed by atoms with Gasteiger partial charge in [0.1, 0.15) is 0 Å². The molecule has 0 aliphatic heterocycles. The highest BCUT2D eigenvalue weighted by Crippen LogP contribution is 2.29. The fourth-order valence-electron chi connectivity index (χ4n) is 3.75. The van der Waals surface area contributed by atoms with Crippen molar-refractivity contribution in [2.75, 3.05) is 6.61 Å². The number of alkyl halides is 3. The van der Waals surface area contributed by atoms with E-state index >= 15 is 0 Å². The van der Waals surface area contributed by atoms with Crippen LogP contribution in [0.3, 0.4) is 0 Å². The number of halogens is 3. The molecule has 5 rings (SSSR count). The average molecular weight is 466 g/mol. The molecule has 4 aromatic heterocycles. The summed E-state index contributed by atoms with van der Waals surface area (Å²) < 4.78 is 47.5. The second kappa shape index (κ2) is 7.94. The maximum atomic E-state index is 13.7. The van der Waals surface area contributed by atoms with Gasteiger partial charge in [-0.2, -0.15) is 18.3 Å². The van der Waals surface area contributed by atoms with Crippen molar-refractivity contribution >= 4 is 21.8 Å². The van der Waals surface area contributed by atoms with Crippen LogP contribution in [0.25, 0.3) is 38.6 Å². The van der Waals surface area contributed by atoms with Crippen LogP contribution in [0.4, 0.5) is 13.2 Å². The smallest absolute Gasteiger partial charge is 0.451 e. The lowest BCUT2D eigenvalue weighted by Gasteiger charge is -2.13. The molecule has 34 heavy (non-hydrogen) atoms. The third-order valence-electron chi connectivity index (χ3n) is 5.21. The van der Waals surface area contributed by atoms with E-state index < -0.39 is 17.6 Å². The van der Waals surface area contributed by atoms with Crippen molar-refractivity contribution in [2.24, 2.45) is 7.05 Å². The summed E-state index contributed by atoms with van der Waals surface area (Å²) in [6.45, 7) is 2.16. The van der Waals surface area contributed by atoms with E-state index in [1.807, 2.05) is 12.3 Å². The summed E-state index contributed by atoms with van der Waals surface area (Å²) in [6.07, 6.45) is 0.722. The fourth-order valence-corrected chi connectivity index (χ4v) is 3.75. The van der Waals surface area contributed by atoms with Gasteiger partial charge in [0.2, 0.25) is 11.7 Å². The minimum absolute atomic E-state index is 0.0686. The van der Waals surface area contributed by atoms with Crippen molar-refractivity contribution in [1.29, 1.82) is 0 Å². The van der Waals surface area contributed by atoms with E-state index in [0.717, 1.165) is 23.3 Å². The molecule has 0 bridgehead atoms. The van der Waals surface area contributed by atoms with Crippen LogP contribution >= 0.6 is 0 Å². The number of aryl methyl sites for hydroxylation is 1. The van der Waals surface area contributed by atoms with Gasteiger partial charge in [0.05, 0.1) is 23.2 Å². The van der Waals surface area contributed by atoms with Crippen LogP contribution in [0.5, 0.6) is 5.88 Å². The monoisotopic (exact) mass is 466 g/mol. The lowest BCUT2D eigenvalue weighted by atomic mass is 10.1. The second-order valence-electron chi connectivity index (χ2n) is 7.54. The van der Waals surface area contributed by atoms with Gasteiger partial charge >= 0.3 is 6.18 Å². The zero-order chi connectivity index (χ0) is 24.0. The molecule has 0 aliphatic rings. The van der Waals surface area contributed by atoms with Crippen LogP contribution in [0.1, 0.15) is 12.7 Å². The van der Waals surface area contributed by atoms with E-state index in [4.69, 9.17) is 4.74 Å². The Morgan fingerprint density at radius 1 is 1.03 bits per heavy atom. The molecule has 0 radical (unpaired) electrons. The van der Waals surface area contributed by atoms with Gasteiger partial charge in [-0.05, 0) is 31.2 Å². The van der Waals surface area contributed by atoms with E-state index in [1.165, 1.54) is 4.57 Å². The highest BCUT2D eigenvalue weighted by Gasteiger charge is 2.34. The van der Waals surface area contributed by atoms with Gasteiger partial charge in [-0.15, -0.1) is 0 Å². The summed E-state index contributed by atoms with van der Waals surface area (Å²) in [7, 11) is 1.80. The summed E-state index contributed by atoms with van der Waals surface area (Å²) in [6, 6.07) is 8.75. The minimum atomic E-state index is -4.70. The molecule has 0 saturated heterocycles. The Morgan fingerprint density at radius 2 is 1.79 bits per heavy atom. The molecule has 0 saturated carbocycles. The van der Waals surface area contributed by atoms with Gasteiger partial charge in [0, 0.05) is 59.9 Å². The highest BCUT2D eigenvalue weighted by molar-refractivity contribution is 5.93. The van der Waals surface area contributed by atoms with Crippen molar-refractivity contribution in [3.63, 3.8) is 0 Å². The number of rotatable bonds is 4. The molecular weight excluding hydrogens is 449 g/mol. The molecule has 172 valence electrons. The maximum absolute atomic E-state index is 13.7. The zero-order valence-corrected chi connectivity index (χ0v) is 18.0. The topological polar surface area (TPSA) is 87.7 Å². The molecule has 0 N–H and O–H groups in total. The lowest BCUT2D eigenvalue weighted by Crippen LogP contribution is -2.21. The molecule has 5 aromatic rings.